The van der Waals surface area contributed by atoms with Crippen molar-refractivity contribution in [3.8, 4) is 11.8 Å². The quantitative estimate of drug-likeness (QED) is 0.463. The first-order valence-electron chi connectivity index (χ1n) is 4.58. The molecular weight excluding hydrogens is 240 g/mol. The first kappa shape index (κ1) is 13.1. The monoisotopic (exact) mass is 250 g/mol. The molecule has 0 aliphatic carbocycles. The van der Waals surface area contributed by atoms with Gasteiger partial charge in [0, 0.05) is 16.8 Å². The molecule has 0 saturated heterocycles. The average molecular weight is 250 g/mol. The number of esters is 1. The molecule has 0 amide bonds. The molecule has 0 aliphatic rings. The smallest absolute Gasteiger partial charge is 0.368 e. The Bertz CT molecular complexity index is 480. The van der Waals surface area contributed by atoms with Gasteiger partial charge >= 0.3 is 5.97 Å². The van der Waals surface area contributed by atoms with Crippen LogP contribution in [0.3, 0.4) is 0 Å². The highest BCUT2D eigenvalue weighted by Gasteiger charge is 2.10. The van der Waals surface area contributed by atoms with E-state index in [9.17, 15) is 4.79 Å². The second-order valence-corrected chi connectivity index (χ2v) is 3.65. The second kappa shape index (κ2) is 6.55. The van der Waals surface area contributed by atoms with E-state index in [-0.39, 0.29) is 5.71 Å². The van der Waals surface area contributed by atoms with Gasteiger partial charge in [0.1, 0.15) is 11.8 Å². The minimum Gasteiger partial charge on any atom is -0.497 e. The molecule has 5 nitrogen and oxygen atoms in total. The number of nitrogens with zero attached hydrogens (tertiary/aromatic N) is 2. The molecule has 0 spiro atoms. The number of carbonyl (C=O) groups excluding carboxylic acids is 1. The SMILES string of the molecule is COC(=O)/C(C#N)=N/Sc1cccc(OC)c1. The van der Waals surface area contributed by atoms with Crippen molar-refractivity contribution >= 4 is 23.6 Å². The van der Waals surface area contributed by atoms with Crippen molar-refractivity contribution < 1.29 is 14.3 Å². The summed E-state index contributed by atoms with van der Waals surface area (Å²) in [6, 6.07) is 8.80. The lowest BCUT2D eigenvalue weighted by Crippen LogP contribution is -2.12. The third-order valence-electron chi connectivity index (χ3n) is 1.77. The fourth-order valence-corrected chi connectivity index (χ4v) is 1.58. The highest BCUT2D eigenvalue weighted by molar-refractivity contribution is 7.98. The van der Waals surface area contributed by atoms with Crippen LogP contribution in [0.2, 0.25) is 0 Å². The molecule has 0 N–H and O–H groups in total. The molecule has 1 aromatic carbocycles. The molecule has 0 unspecified atom stereocenters. The molecule has 88 valence electrons. The number of hydrogen-bond donors (Lipinski definition) is 0. The van der Waals surface area contributed by atoms with Gasteiger partial charge in [-0.05, 0) is 18.2 Å². The Morgan fingerprint density at radius 3 is 2.82 bits per heavy atom. The van der Waals surface area contributed by atoms with Crippen molar-refractivity contribution in [2.24, 2.45) is 4.40 Å². The molecular formula is C11H10N2O3S. The average Bonchev–Trinajstić information content (AvgIpc) is 2.39. The molecule has 0 saturated carbocycles. The molecule has 17 heavy (non-hydrogen) atoms. The van der Waals surface area contributed by atoms with E-state index in [4.69, 9.17) is 10.00 Å². The van der Waals surface area contributed by atoms with Crippen molar-refractivity contribution in [1.82, 2.24) is 0 Å². The molecule has 1 rings (SSSR count). The van der Waals surface area contributed by atoms with Gasteiger partial charge in [0.25, 0.3) is 0 Å². The molecule has 6 heteroatoms. The summed E-state index contributed by atoms with van der Waals surface area (Å²) >= 11 is 1.01. The zero-order valence-corrected chi connectivity index (χ0v) is 10.2. The Morgan fingerprint density at radius 1 is 1.47 bits per heavy atom. The predicted octanol–water partition coefficient (Wildman–Crippen LogP) is 1.84. The lowest BCUT2D eigenvalue weighted by Gasteiger charge is -2.01. The molecule has 0 heterocycles. The maximum atomic E-state index is 11.1. The van der Waals surface area contributed by atoms with Crippen LogP contribution < -0.4 is 4.74 Å². The van der Waals surface area contributed by atoms with Crippen LogP contribution in [0, 0.1) is 11.3 Å². The van der Waals surface area contributed by atoms with Crippen LogP contribution in [0.15, 0.2) is 33.6 Å². The van der Waals surface area contributed by atoms with Crippen LogP contribution >= 0.6 is 11.9 Å². The van der Waals surface area contributed by atoms with Gasteiger partial charge in [-0.25, -0.2) is 4.79 Å². The van der Waals surface area contributed by atoms with Crippen molar-refractivity contribution in [3.63, 3.8) is 0 Å². The van der Waals surface area contributed by atoms with E-state index in [1.165, 1.54) is 7.11 Å². The van der Waals surface area contributed by atoms with Crippen LogP contribution in [0.5, 0.6) is 5.75 Å². The summed E-state index contributed by atoms with van der Waals surface area (Å²) in [6.45, 7) is 0. The van der Waals surface area contributed by atoms with Crippen molar-refractivity contribution in [2.45, 2.75) is 4.90 Å². The Morgan fingerprint density at radius 2 is 2.24 bits per heavy atom. The fraction of sp³-hybridized carbons (Fsp3) is 0.182. The molecule has 0 atom stereocenters. The van der Waals surface area contributed by atoms with E-state index in [2.05, 4.69) is 9.13 Å². The number of benzene rings is 1. The summed E-state index contributed by atoms with van der Waals surface area (Å²) in [5.74, 6) is -0.0651. The minimum absolute atomic E-state index is 0.277. The number of rotatable bonds is 4. The first-order valence-corrected chi connectivity index (χ1v) is 5.36. The van der Waals surface area contributed by atoms with E-state index < -0.39 is 5.97 Å². The van der Waals surface area contributed by atoms with Crippen molar-refractivity contribution in [2.75, 3.05) is 14.2 Å². The van der Waals surface area contributed by atoms with Gasteiger partial charge in [-0.3, -0.25) is 0 Å². The lowest BCUT2D eigenvalue weighted by molar-refractivity contribution is -0.132. The second-order valence-electron chi connectivity index (χ2n) is 2.81. The number of ether oxygens (including phenoxy) is 2. The van der Waals surface area contributed by atoms with Gasteiger partial charge in [-0.2, -0.15) is 9.66 Å². The van der Waals surface area contributed by atoms with Crippen molar-refractivity contribution in [1.29, 1.82) is 5.26 Å². The van der Waals surface area contributed by atoms with E-state index >= 15 is 0 Å². The van der Waals surface area contributed by atoms with Gasteiger partial charge in [0.15, 0.2) is 0 Å². The van der Waals surface area contributed by atoms with E-state index in [0.717, 1.165) is 16.8 Å². The number of hydrogen-bond acceptors (Lipinski definition) is 6. The van der Waals surface area contributed by atoms with Gasteiger partial charge in [0.05, 0.1) is 14.2 Å². The molecule has 1 aromatic rings. The number of methoxy groups -OCH3 is 2. The van der Waals surface area contributed by atoms with E-state index in [0.29, 0.717) is 5.75 Å². The maximum absolute atomic E-state index is 11.1. The summed E-state index contributed by atoms with van der Waals surface area (Å²) in [5, 5.41) is 8.69. The number of nitriles is 1. The lowest BCUT2D eigenvalue weighted by atomic mass is 10.3. The van der Waals surface area contributed by atoms with Crippen LogP contribution in [0.1, 0.15) is 0 Å². The summed E-state index contributed by atoms with van der Waals surface area (Å²) in [5.41, 5.74) is -0.277. The van der Waals surface area contributed by atoms with E-state index in [1.54, 1.807) is 37.4 Å². The third-order valence-corrected chi connectivity index (χ3v) is 2.51. The summed E-state index contributed by atoms with van der Waals surface area (Å²) in [7, 11) is 2.76. The van der Waals surface area contributed by atoms with Crippen LogP contribution in [0.25, 0.3) is 0 Å². The zero-order valence-electron chi connectivity index (χ0n) is 9.34. The zero-order chi connectivity index (χ0) is 12.7. The highest BCUT2D eigenvalue weighted by Crippen LogP contribution is 2.23. The topological polar surface area (TPSA) is 71.7 Å². The first-order chi connectivity index (χ1) is 8.21. The standard InChI is InChI=1S/C11H10N2O3S/c1-15-8-4-3-5-9(6-8)17-13-10(7-12)11(14)16-2/h3-6H,1-2H3/b13-10+. The van der Waals surface area contributed by atoms with Crippen LogP contribution in [-0.4, -0.2) is 25.9 Å². The molecule has 0 aromatic heterocycles. The van der Waals surface area contributed by atoms with E-state index in [1.807, 2.05) is 0 Å². The highest BCUT2D eigenvalue weighted by atomic mass is 32.2. The molecule has 0 radical (unpaired) electrons. The third kappa shape index (κ3) is 3.81. The Kier molecular flexibility index (Phi) is 5.04. The van der Waals surface area contributed by atoms with Gasteiger partial charge in [0.2, 0.25) is 5.71 Å². The molecule has 0 bridgehead atoms. The van der Waals surface area contributed by atoms with Gasteiger partial charge in [-0.15, -0.1) is 0 Å². The van der Waals surface area contributed by atoms with Gasteiger partial charge < -0.3 is 9.47 Å². The van der Waals surface area contributed by atoms with Crippen LogP contribution in [0.4, 0.5) is 0 Å². The largest absolute Gasteiger partial charge is 0.497 e. The Hall–Kier alpha value is -2.00. The predicted molar refractivity (Wildman–Crippen MR) is 63.9 cm³/mol. The molecule has 0 aliphatic heterocycles. The summed E-state index contributed by atoms with van der Waals surface area (Å²) < 4.78 is 13.2. The minimum atomic E-state index is -0.747. The normalized spacial score (nSPS) is 10.5. The fourth-order valence-electron chi connectivity index (χ4n) is 0.956. The van der Waals surface area contributed by atoms with Crippen LogP contribution in [-0.2, 0) is 9.53 Å². The number of carbonyl (C=O) groups is 1. The molecule has 0 fully saturated rings. The maximum Gasteiger partial charge on any atom is 0.368 e. The van der Waals surface area contributed by atoms with Gasteiger partial charge in [-0.1, -0.05) is 6.07 Å². The Balaban J connectivity index is 2.81. The van der Waals surface area contributed by atoms with Crippen molar-refractivity contribution in [3.05, 3.63) is 24.3 Å². The summed E-state index contributed by atoms with van der Waals surface area (Å²) in [4.78, 5) is 11.8. The Labute approximate surface area is 103 Å². The summed E-state index contributed by atoms with van der Waals surface area (Å²) in [6.07, 6.45) is 0.